The van der Waals surface area contributed by atoms with Crippen molar-refractivity contribution in [1.82, 2.24) is 10.2 Å². The minimum atomic E-state index is -0.265. The number of piperazine rings is 1. The lowest BCUT2D eigenvalue weighted by atomic mass is 10.0. The van der Waals surface area contributed by atoms with Gasteiger partial charge in [0.25, 0.3) is 0 Å². The number of rotatable bonds is 4. The van der Waals surface area contributed by atoms with Crippen LogP contribution >= 0.6 is 11.6 Å². The molecule has 0 bridgehead atoms. The quantitative estimate of drug-likeness (QED) is 0.893. The molecule has 0 aliphatic carbocycles. The average molecular weight is 348 g/mol. The van der Waals surface area contributed by atoms with E-state index in [2.05, 4.69) is 15.5 Å². The molecule has 1 atom stereocenters. The van der Waals surface area contributed by atoms with Crippen LogP contribution in [-0.2, 0) is 4.79 Å². The normalized spacial score (nSPS) is 18.3. The Bertz CT molecular complexity index is 725. The first-order valence-corrected chi connectivity index (χ1v) is 8.26. The van der Waals surface area contributed by atoms with Crippen LogP contribution in [0.15, 0.2) is 48.5 Å². The second kappa shape index (κ2) is 7.75. The second-order valence-electron chi connectivity index (χ2n) is 5.77. The van der Waals surface area contributed by atoms with E-state index in [1.165, 1.54) is 12.1 Å². The molecule has 1 aliphatic rings. The first-order valence-electron chi connectivity index (χ1n) is 7.88. The molecule has 0 spiro atoms. The van der Waals surface area contributed by atoms with E-state index in [0.29, 0.717) is 17.3 Å². The topological polar surface area (TPSA) is 44.4 Å². The third kappa shape index (κ3) is 4.12. The van der Waals surface area contributed by atoms with Crippen molar-refractivity contribution in [2.24, 2.45) is 0 Å². The molecule has 2 N–H and O–H groups in total. The van der Waals surface area contributed by atoms with Crippen molar-refractivity contribution in [3.8, 4) is 0 Å². The predicted molar refractivity (Wildman–Crippen MR) is 93.7 cm³/mol. The summed E-state index contributed by atoms with van der Waals surface area (Å²) in [6.45, 7) is 2.43. The number of amides is 1. The van der Waals surface area contributed by atoms with Gasteiger partial charge in [-0.1, -0.05) is 35.9 Å². The summed E-state index contributed by atoms with van der Waals surface area (Å²) in [6, 6.07) is 13.6. The Morgan fingerprint density at radius 1 is 1.29 bits per heavy atom. The minimum Gasteiger partial charge on any atom is -0.324 e. The summed E-state index contributed by atoms with van der Waals surface area (Å²) >= 11 is 6.07. The van der Waals surface area contributed by atoms with Crippen molar-refractivity contribution in [3.05, 3.63) is 64.9 Å². The maximum Gasteiger partial charge on any atom is 0.238 e. The molecule has 4 nitrogen and oxygen atoms in total. The van der Waals surface area contributed by atoms with E-state index in [9.17, 15) is 9.18 Å². The maximum absolute atomic E-state index is 13.5. The molecule has 126 valence electrons. The highest BCUT2D eigenvalue weighted by atomic mass is 35.5. The van der Waals surface area contributed by atoms with Crippen molar-refractivity contribution < 1.29 is 9.18 Å². The van der Waals surface area contributed by atoms with E-state index in [1.54, 1.807) is 18.2 Å². The molecule has 1 unspecified atom stereocenters. The minimum absolute atomic E-state index is 0.0357. The largest absolute Gasteiger partial charge is 0.324 e. The van der Waals surface area contributed by atoms with Gasteiger partial charge in [0.15, 0.2) is 0 Å². The molecule has 1 aliphatic heterocycles. The van der Waals surface area contributed by atoms with Crippen LogP contribution < -0.4 is 10.6 Å². The van der Waals surface area contributed by atoms with E-state index < -0.39 is 0 Å². The fourth-order valence-electron chi connectivity index (χ4n) is 2.91. The number of nitrogens with zero attached hydrogens (tertiary/aromatic N) is 1. The van der Waals surface area contributed by atoms with Gasteiger partial charge in [0.05, 0.1) is 17.3 Å². The van der Waals surface area contributed by atoms with Gasteiger partial charge in [0.2, 0.25) is 5.91 Å². The fraction of sp³-hybridized carbons (Fsp3) is 0.278. The first-order chi connectivity index (χ1) is 11.6. The molecule has 2 aromatic rings. The monoisotopic (exact) mass is 347 g/mol. The Hall–Kier alpha value is -1.95. The van der Waals surface area contributed by atoms with E-state index in [0.717, 1.165) is 18.7 Å². The van der Waals surface area contributed by atoms with Gasteiger partial charge in [-0.25, -0.2) is 4.39 Å². The number of benzene rings is 2. The number of carbonyl (C=O) groups is 1. The Kier molecular flexibility index (Phi) is 5.45. The number of anilines is 1. The molecule has 1 saturated heterocycles. The van der Waals surface area contributed by atoms with Crippen LogP contribution in [0.2, 0.25) is 5.02 Å². The van der Waals surface area contributed by atoms with Crippen LogP contribution in [0.5, 0.6) is 0 Å². The van der Waals surface area contributed by atoms with Gasteiger partial charge >= 0.3 is 0 Å². The van der Waals surface area contributed by atoms with Crippen molar-refractivity contribution >= 4 is 23.2 Å². The number of carbonyl (C=O) groups excluding carboxylic acids is 1. The summed E-state index contributed by atoms with van der Waals surface area (Å²) in [5, 5.41) is 6.64. The number of para-hydroxylation sites is 1. The van der Waals surface area contributed by atoms with Crippen molar-refractivity contribution in [2.75, 3.05) is 31.5 Å². The van der Waals surface area contributed by atoms with E-state index in [4.69, 9.17) is 11.6 Å². The molecule has 24 heavy (non-hydrogen) atoms. The molecule has 0 saturated carbocycles. The van der Waals surface area contributed by atoms with Gasteiger partial charge < -0.3 is 10.6 Å². The van der Waals surface area contributed by atoms with Crippen molar-refractivity contribution in [1.29, 1.82) is 0 Å². The lowest BCUT2D eigenvalue weighted by Gasteiger charge is -2.36. The highest BCUT2D eigenvalue weighted by Gasteiger charge is 2.25. The van der Waals surface area contributed by atoms with Gasteiger partial charge in [-0.15, -0.1) is 0 Å². The third-order valence-electron chi connectivity index (χ3n) is 4.08. The first kappa shape index (κ1) is 16.9. The predicted octanol–water partition coefficient (Wildman–Crippen LogP) is 3.06. The summed E-state index contributed by atoms with van der Waals surface area (Å²) in [5.74, 6) is -0.398. The van der Waals surface area contributed by atoms with Crippen LogP contribution in [0.1, 0.15) is 11.6 Å². The van der Waals surface area contributed by atoms with Crippen LogP contribution in [0.3, 0.4) is 0 Å². The van der Waals surface area contributed by atoms with Crippen LogP contribution in [0, 0.1) is 5.82 Å². The number of nitrogens with one attached hydrogen (secondary N) is 2. The van der Waals surface area contributed by atoms with Crippen LogP contribution in [-0.4, -0.2) is 37.0 Å². The van der Waals surface area contributed by atoms with E-state index in [1.807, 2.05) is 18.2 Å². The van der Waals surface area contributed by atoms with Gasteiger partial charge in [0.1, 0.15) is 5.82 Å². The Morgan fingerprint density at radius 3 is 2.92 bits per heavy atom. The molecule has 1 amide bonds. The van der Waals surface area contributed by atoms with E-state index >= 15 is 0 Å². The molecule has 1 heterocycles. The lowest BCUT2D eigenvalue weighted by Crippen LogP contribution is -2.48. The van der Waals surface area contributed by atoms with Crippen LogP contribution in [0.25, 0.3) is 0 Å². The smallest absolute Gasteiger partial charge is 0.238 e. The Morgan fingerprint density at radius 2 is 2.12 bits per heavy atom. The third-order valence-corrected chi connectivity index (χ3v) is 4.41. The molecule has 2 aromatic carbocycles. The Labute approximate surface area is 145 Å². The zero-order chi connectivity index (χ0) is 16.9. The molecule has 6 heteroatoms. The maximum atomic E-state index is 13.5. The average Bonchev–Trinajstić information content (AvgIpc) is 2.57. The number of hydrogen-bond acceptors (Lipinski definition) is 3. The lowest BCUT2D eigenvalue weighted by molar-refractivity contribution is -0.118. The summed E-state index contributed by atoms with van der Waals surface area (Å²) < 4.78 is 13.5. The van der Waals surface area contributed by atoms with Gasteiger partial charge in [0, 0.05) is 25.7 Å². The highest BCUT2D eigenvalue weighted by Crippen LogP contribution is 2.24. The number of halogens is 2. The van der Waals surface area contributed by atoms with Crippen LogP contribution in [0.4, 0.5) is 10.1 Å². The molecular formula is C18H19ClFN3O. The molecule has 0 radical (unpaired) electrons. The standard InChI is InChI=1S/C18H19ClFN3O/c19-15-6-1-2-7-16(15)22-18(24)12-23-9-8-21-11-17(23)13-4-3-5-14(20)10-13/h1-7,10,17,21H,8-9,11-12H2,(H,22,24). The molecule has 3 rings (SSSR count). The van der Waals surface area contributed by atoms with Crippen molar-refractivity contribution in [2.45, 2.75) is 6.04 Å². The van der Waals surface area contributed by atoms with Gasteiger partial charge in [-0.2, -0.15) is 0 Å². The molecule has 0 aromatic heterocycles. The molecular weight excluding hydrogens is 329 g/mol. The summed E-state index contributed by atoms with van der Waals surface area (Å²) in [4.78, 5) is 14.4. The fourth-order valence-corrected chi connectivity index (χ4v) is 3.10. The van der Waals surface area contributed by atoms with Gasteiger partial charge in [-0.05, 0) is 29.8 Å². The zero-order valence-electron chi connectivity index (χ0n) is 13.1. The summed E-state index contributed by atoms with van der Waals surface area (Å²) in [5.41, 5.74) is 1.47. The Balaban J connectivity index is 1.70. The number of hydrogen-bond donors (Lipinski definition) is 2. The SMILES string of the molecule is O=C(CN1CCNCC1c1cccc(F)c1)Nc1ccccc1Cl. The summed E-state index contributed by atoms with van der Waals surface area (Å²) in [6.07, 6.45) is 0. The summed E-state index contributed by atoms with van der Waals surface area (Å²) in [7, 11) is 0. The van der Waals surface area contributed by atoms with Crippen molar-refractivity contribution in [3.63, 3.8) is 0 Å². The van der Waals surface area contributed by atoms with E-state index in [-0.39, 0.29) is 24.3 Å². The highest BCUT2D eigenvalue weighted by molar-refractivity contribution is 6.33. The zero-order valence-corrected chi connectivity index (χ0v) is 13.9. The second-order valence-corrected chi connectivity index (χ2v) is 6.18. The van der Waals surface area contributed by atoms with Gasteiger partial charge in [-0.3, -0.25) is 9.69 Å². The molecule has 1 fully saturated rings.